The number of rotatable bonds is 3. The van der Waals surface area contributed by atoms with Gasteiger partial charge in [-0.3, -0.25) is 4.79 Å². The SMILES string of the molecule is CC(C)C(=O)OS(=O)(=O)c1cc(Br)ccc1Br. The molecule has 0 atom stereocenters. The van der Waals surface area contributed by atoms with Crippen LogP contribution in [-0.4, -0.2) is 14.4 Å². The Bertz CT molecular complexity index is 537. The molecular formula is C10H10Br2O4S. The summed E-state index contributed by atoms with van der Waals surface area (Å²) < 4.78 is 29.1. The van der Waals surface area contributed by atoms with Crippen molar-refractivity contribution in [3.05, 3.63) is 27.1 Å². The first-order valence-electron chi connectivity index (χ1n) is 4.67. The third-order valence-corrected chi connectivity index (χ3v) is 4.53. The number of carbonyl (C=O) groups is 1. The topological polar surface area (TPSA) is 60.4 Å². The average molecular weight is 386 g/mol. The molecule has 7 heteroatoms. The molecule has 0 amide bonds. The molecule has 0 aromatic heterocycles. The van der Waals surface area contributed by atoms with Gasteiger partial charge >= 0.3 is 16.1 Å². The van der Waals surface area contributed by atoms with Gasteiger partial charge in [-0.2, -0.15) is 8.42 Å². The van der Waals surface area contributed by atoms with Crippen LogP contribution in [-0.2, 0) is 19.1 Å². The summed E-state index contributed by atoms with van der Waals surface area (Å²) in [7, 11) is -4.08. The lowest BCUT2D eigenvalue weighted by Crippen LogP contribution is -2.18. The second-order valence-corrected chi connectivity index (χ2v) is 6.87. The molecule has 0 radical (unpaired) electrons. The van der Waals surface area contributed by atoms with Crippen molar-refractivity contribution < 1.29 is 17.4 Å². The van der Waals surface area contributed by atoms with Crippen LogP contribution in [0.4, 0.5) is 0 Å². The summed E-state index contributed by atoms with van der Waals surface area (Å²) in [6.07, 6.45) is 0. The fraction of sp³-hybridized carbons (Fsp3) is 0.300. The molecule has 94 valence electrons. The Balaban J connectivity index is 3.14. The van der Waals surface area contributed by atoms with E-state index in [4.69, 9.17) is 0 Å². The lowest BCUT2D eigenvalue weighted by molar-refractivity contribution is -0.137. The maximum Gasteiger partial charge on any atom is 0.342 e. The number of carbonyl (C=O) groups excluding carboxylic acids is 1. The van der Waals surface area contributed by atoms with E-state index in [1.165, 1.54) is 6.07 Å². The first-order chi connectivity index (χ1) is 7.74. The van der Waals surface area contributed by atoms with Crippen molar-refractivity contribution in [2.45, 2.75) is 18.7 Å². The maximum absolute atomic E-state index is 11.8. The molecule has 0 N–H and O–H groups in total. The van der Waals surface area contributed by atoms with Gasteiger partial charge in [-0.15, -0.1) is 0 Å². The van der Waals surface area contributed by atoms with Crippen LogP contribution in [0.2, 0.25) is 0 Å². The molecule has 17 heavy (non-hydrogen) atoms. The standard InChI is InChI=1S/C10H10Br2O4S/c1-6(2)10(13)16-17(14,15)9-5-7(11)3-4-8(9)12/h3-6H,1-2H3. The number of halogens is 2. The van der Waals surface area contributed by atoms with E-state index in [-0.39, 0.29) is 4.90 Å². The highest BCUT2D eigenvalue weighted by Crippen LogP contribution is 2.27. The van der Waals surface area contributed by atoms with E-state index < -0.39 is 22.0 Å². The Labute approximate surface area is 117 Å². The Morgan fingerprint density at radius 3 is 2.41 bits per heavy atom. The van der Waals surface area contributed by atoms with Crippen LogP contribution in [0.3, 0.4) is 0 Å². The predicted molar refractivity (Wildman–Crippen MR) is 70.0 cm³/mol. The quantitative estimate of drug-likeness (QED) is 0.750. The van der Waals surface area contributed by atoms with Gasteiger partial charge in [0, 0.05) is 8.95 Å². The molecule has 0 unspecified atom stereocenters. The minimum absolute atomic E-state index is 0.0825. The van der Waals surface area contributed by atoms with Crippen LogP contribution < -0.4 is 0 Å². The molecule has 0 aliphatic rings. The molecule has 0 fully saturated rings. The van der Waals surface area contributed by atoms with Crippen LogP contribution in [0.1, 0.15) is 13.8 Å². The molecule has 4 nitrogen and oxygen atoms in total. The summed E-state index contributed by atoms with van der Waals surface area (Å²) in [4.78, 5) is 11.2. The maximum atomic E-state index is 11.8. The highest BCUT2D eigenvalue weighted by molar-refractivity contribution is 9.11. The fourth-order valence-electron chi connectivity index (χ4n) is 0.918. The van der Waals surface area contributed by atoms with Crippen LogP contribution in [0.15, 0.2) is 32.0 Å². The van der Waals surface area contributed by atoms with Crippen molar-refractivity contribution in [3.63, 3.8) is 0 Å². The van der Waals surface area contributed by atoms with Gasteiger partial charge in [0.2, 0.25) is 0 Å². The van der Waals surface area contributed by atoms with Crippen molar-refractivity contribution in [2.75, 3.05) is 0 Å². The second kappa shape index (κ2) is 5.49. The van der Waals surface area contributed by atoms with Crippen molar-refractivity contribution in [3.8, 4) is 0 Å². The highest BCUT2D eigenvalue weighted by Gasteiger charge is 2.24. The van der Waals surface area contributed by atoms with E-state index in [1.807, 2.05) is 0 Å². The number of hydrogen-bond donors (Lipinski definition) is 0. The Morgan fingerprint density at radius 1 is 1.29 bits per heavy atom. The Kier molecular flexibility index (Phi) is 4.74. The minimum atomic E-state index is -4.08. The van der Waals surface area contributed by atoms with E-state index in [1.54, 1.807) is 26.0 Å². The normalized spacial score (nSPS) is 11.6. The second-order valence-electron chi connectivity index (χ2n) is 3.59. The number of hydrogen-bond acceptors (Lipinski definition) is 4. The molecular weight excluding hydrogens is 376 g/mol. The number of benzene rings is 1. The molecule has 0 heterocycles. The molecule has 0 spiro atoms. The monoisotopic (exact) mass is 384 g/mol. The van der Waals surface area contributed by atoms with Crippen LogP contribution in [0.5, 0.6) is 0 Å². The first kappa shape index (κ1) is 14.7. The zero-order valence-corrected chi connectivity index (χ0v) is 13.1. The molecule has 0 saturated heterocycles. The molecule has 1 aromatic carbocycles. The van der Waals surface area contributed by atoms with Gasteiger partial charge in [-0.25, -0.2) is 0 Å². The van der Waals surface area contributed by atoms with Gasteiger partial charge in [0.25, 0.3) is 0 Å². The zero-order valence-electron chi connectivity index (χ0n) is 9.11. The van der Waals surface area contributed by atoms with Gasteiger partial charge in [0.1, 0.15) is 4.90 Å². The van der Waals surface area contributed by atoms with E-state index in [0.29, 0.717) is 8.95 Å². The largest absolute Gasteiger partial charge is 0.342 e. The lowest BCUT2D eigenvalue weighted by Gasteiger charge is -2.09. The van der Waals surface area contributed by atoms with Crippen molar-refractivity contribution in [2.24, 2.45) is 5.92 Å². The highest BCUT2D eigenvalue weighted by atomic mass is 79.9. The van der Waals surface area contributed by atoms with Gasteiger partial charge in [0.15, 0.2) is 0 Å². The predicted octanol–water partition coefficient (Wildman–Crippen LogP) is 3.10. The van der Waals surface area contributed by atoms with Gasteiger partial charge in [0.05, 0.1) is 5.92 Å². The van der Waals surface area contributed by atoms with Crippen LogP contribution in [0.25, 0.3) is 0 Å². The molecule has 0 saturated carbocycles. The zero-order chi connectivity index (χ0) is 13.2. The molecule has 1 aromatic rings. The van der Waals surface area contributed by atoms with E-state index >= 15 is 0 Å². The van der Waals surface area contributed by atoms with E-state index in [9.17, 15) is 13.2 Å². The summed E-state index contributed by atoms with van der Waals surface area (Å²) >= 11 is 6.26. The summed E-state index contributed by atoms with van der Waals surface area (Å²) in [6, 6.07) is 4.60. The van der Waals surface area contributed by atoms with Crippen molar-refractivity contribution >= 4 is 47.9 Å². The molecule has 0 aliphatic heterocycles. The summed E-state index contributed by atoms with van der Waals surface area (Å²) in [5.41, 5.74) is 0. The van der Waals surface area contributed by atoms with E-state index in [0.717, 1.165) is 0 Å². The third-order valence-electron chi connectivity index (χ3n) is 1.83. The van der Waals surface area contributed by atoms with Crippen LogP contribution in [0, 0.1) is 5.92 Å². The van der Waals surface area contributed by atoms with Gasteiger partial charge < -0.3 is 4.18 Å². The summed E-state index contributed by atoms with van der Waals surface area (Å²) in [5.74, 6) is -1.28. The van der Waals surface area contributed by atoms with Gasteiger partial charge in [-0.05, 0) is 34.1 Å². The molecule has 0 bridgehead atoms. The smallest absolute Gasteiger partial charge is 0.342 e. The molecule has 0 aliphatic carbocycles. The molecule has 1 rings (SSSR count). The van der Waals surface area contributed by atoms with Crippen LogP contribution >= 0.6 is 31.9 Å². The van der Waals surface area contributed by atoms with Crippen molar-refractivity contribution in [1.29, 1.82) is 0 Å². The average Bonchev–Trinajstić information content (AvgIpc) is 2.20. The Hall–Kier alpha value is -0.400. The summed E-state index contributed by atoms with van der Waals surface area (Å²) in [5, 5.41) is 0. The fourth-order valence-corrected chi connectivity index (χ4v) is 3.35. The minimum Gasteiger partial charge on any atom is -0.342 e. The lowest BCUT2D eigenvalue weighted by atomic mass is 10.2. The Morgan fingerprint density at radius 2 is 1.88 bits per heavy atom. The first-order valence-corrected chi connectivity index (χ1v) is 7.67. The summed E-state index contributed by atoms with van der Waals surface area (Å²) in [6.45, 7) is 3.13. The third kappa shape index (κ3) is 3.79. The van der Waals surface area contributed by atoms with Gasteiger partial charge in [-0.1, -0.05) is 29.8 Å². The van der Waals surface area contributed by atoms with E-state index in [2.05, 4.69) is 36.0 Å². The van der Waals surface area contributed by atoms with Crippen molar-refractivity contribution in [1.82, 2.24) is 0 Å².